The van der Waals surface area contributed by atoms with E-state index in [1.165, 1.54) is 32.6 Å². The van der Waals surface area contributed by atoms with Gasteiger partial charge in [-0.15, -0.1) is 0 Å². The van der Waals surface area contributed by atoms with Gasteiger partial charge < -0.3 is 19.4 Å². The van der Waals surface area contributed by atoms with Crippen LogP contribution in [0, 0.1) is 11.8 Å². The van der Waals surface area contributed by atoms with Gasteiger partial charge in [-0.2, -0.15) is 0 Å². The van der Waals surface area contributed by atoms with Gasteiger partial charge in [0.15, 0.2) is 9.84 Å². The van der Waals surface area contributed by atoms with Crippen LogP contribution in [0.2, 0.25) is 0 Å². The second-order valence-corrected chi connectivity index (χ2v) is 11.5. The Hall–Kier alpha value is -3.38. The number of imidazole rings is 1. The lowest BCUT2D eigenvalue weighted by molar-refractivity contribution is -0.135. The largest absolute Gasteiger partial charge is 0.465 e. The van der Waals surface area contributed by atoms with Crippen LogP contribution in [0.15, 0.2) is 38.3 Å². The lowest BCUT2D eigenvalue weighted by Crippen LogP contribution is -2.26. The van der Waals surface area contributed by atoms with Gasteiger partial charge in [-0.1, -0.05) is 13.8 Å². The number of hydrogen-bond donors (Lipinski definition) is 1. The Labute approximate surface area is 223 Å². The van der Waals surface area contributed by atoms with Crippen molar-refractivity contribution in [2.75, 3.05) is 34.1 Å². The first kappa shape index (κ1) is 29.2. The fourth-order valence-electron chi connectivity index (χ4n) is 4.42. The predicted octanol–water partition coefficient (Wildman–Crippen LogP) is 2.75. The molecule has 1 saturated carbocycles. The summed E-state index contributed by atoms with van der Waals surface area (Å²) in [5, 5.41) is 3.27. The van der Waals surface area contributed by atoms with Gasteiger partial charge in [-0.3, -0.25) is 9.98 Å². The van der Waals surface area contributed by atoms with Crippen LogP contribution >= 0.6 is 0 Å². The van der Waals surface area contributed by atoms with Crippen LogP contribution in [0.1, 0.15) is 48.9 Å². The Morgan fingerprint density at radius 3 is 2.45 bits per heavy atom. The summed E-state index contributed by atoms with van der Waals surface area (Å²) in [6.45, 7) is 8.27. The lowest BCUT2D eigenvalue weighted by Gasteiger charge is -2.21. The molecule has 0 spiro atoms. The molecule has 0 saturated heterocycles. The number of hydrogen-bond acceptors (Lipinski definition) is 10. The molecule has 0 bridgehead atoms. The van der Waals surface area contributed by atoms with Gasteiger partial charge in [0.05, 0.1) is 59.6 Å². The lowest BCUT2D eigenvalue weighted by atomic mass is 10.0. The van der Waals surface area contributed by atoms with Crippen molar-refractivity contribution >= 4 is 45.7 Å². The van der Waals surface area contributed by atoms with E-state index >= 15 is 0 Å². The topological polar surface area (TPSA) is 141 Å². The Balaban J connectivity index is 2.10. The van der Waals surface area contributed by atoms with E-state index in [1.54, 1.807) is 0 Å². The van der Waals surface area contributed by atoms with E-state index in [4.69, 9.17) is 14.5 Å². The van der Waals surface area contributed by atoms with Crippen molar-refractivity contribution in [2.45, 2.75) is 44.2 Å². The fraction of sp³-hybridized carbons (Fsp3) is 0.500. The number of nitrogens with one attached hydrogen (secondary N) is 1. The highest BCUT2D eigenvalue weighted by Gasteiger charge is 2.30. The number of sulfone groups is 1. The highest BCUT2D eigenvalue weighted by molar-refractivity contribution is 7.90. The number of allylic oxidation sites excluding steroid dienone is 1. The van der Waals surface area contributed by atoms with Crippen molar-refractivity contribution in [1.82, 2.24) is 14.9 Å². The van der Waals surface area contributed by atoms with Crippen molar-refractivity contribution in [3.8, 4) is 0 Å². The highest BCUT2D eigenvalue weighted by Crippen LogP contribution is 2.38. The summed E-state index contributed by atoms with van der Waals surface area (Å²) in [6, 6.07) is 2.74. The summed E-state index contributed by atoms with van der Waals surface area (Å²) in [4.78, 5) is 37.9. The molecule has 1 aromatic carbocycles. The third-order valence-electron chi connectivity index (χ3n) is 6.43. The van der Waals surface area contributed by atoms with Crippen molar-refractivity contribution in [1.29, 1.82) is 0 Å². The first-order chi connectivity index (χ1) is 18.0. The SMILES string of the molecule is C=N/C(=C(\C=NCCn1c(C(NC)C(C)C)nc2cc(C(=O)OC)c(S(C)(=O)=O)cc21)C(=O)OC)C1CC1. The number of aliphatic imine (C=N–C) groups is 2. The van der Waals surface area contributed by atoms with Gasteiger partial charge >= 0.3 is 11.9 Å². The molecule has 206 valence electrons. The van der Waals surface area contributed by atoms with Gasteiger partial charge in [0.2, 0.25) is 0 Å². The molecule has 2 aromatic rings. The molecule has 12 heteroatoms. The number of esters is 2. The minimum Gasteiger partial charge on any atom is -0.465 e. The Bertz CT molecular complexity index is 1400. The predicted molar refractivity (Wildman–Crippen MR) is 145 cm³/mol. The summed E-state index contributed by atoms with van der Waals surface area (Å²) in [7, 11) is 0.572. The average Bonchev–Trinajstić information content (AvgIpc) is 3.65. The van der Waals surface area contributed by atoms with Crippen LogP contribution in [0.3, 0.4) is 0 Å². The Kier molecular flexibility index (Phi) is 9.21. The average molecular weight is 546 g/mol. The van der Waals surface area contributed by atoms with Gasteiger partial charge in [-0.25, -0.2) is 23.0 Å². The van der Waals surface area contributed by atoms with Gasteiger partial charge in [-0.05, 0) is 44.7 Å². The van der Waals surface area contributed by atoms with E-state index in [-0.39, 0.29) is 40.5 Å². The number of nitrogens with zero attached hydrogens (tertiary/aromatic N) is 4. The van der Waals surface area contributed by atoms with E-state index in [2.05, 4.69) is 22.0 Å². The number of aromatic nitrogens is 2. The van der Waals surface area contributed by atoms with Crippen LogP contribution in [0.5, 0.6) is 0 Å². The maximum absolute atomic E-state index is 12.6. The molecule has 1 N–H and O–H groups in total. The van der Waals surface area contributed by atoms with Crippen LogP contribution in [-0.4, -0.2) is 76.9 Å². The van der Waals surface area contributed by atoms with Crippen molar-refractivity contribution in [3.63, 3.8) is 0 Å². The van der Waals surface area contributed by atoms with E-state index in [9.17, 15) is 18.0 Å². The molecule has 0 aliphatic heterocycles. The number of carbonyl (C=O) groups is 2. The first-order valence-corrected chi connectivity index (χ1v) is 14.2. The maximum Gasteiger partial charge on any atom is 0.341 e. The number of methoxy groups -OCH3 is 2. The normalized spacial score (nSPS) is 15.6. The molecule has 38 heavy (non-hydrogen) atoms. The number of fused-ring (bicyclic) bond motifs is 1. The third-order valence-corrected chi connectivity index (χ3v) is 7.57. The smallest absolute Gasteiger partial charge is 0.341 e. The van der Waals surface area contributed by atoms with Crippen molar-refractivity contribution in [2.24, 2.45) is 21.8 Å². The molecule has 1 heterocycles. The molecule has 0 amide bonds. The molecule has 1 aromatic heterocycles. The van der Waals surface area contributed by atoms with Crippen LogP contribution < -0.4 is 5.32 Å². The summed E-state index contributed by atoms with van der Waals surface area (Å²) < 4.78 is 36.8. The number of carbonyl (C=O) groups excluding carboxylic acids is 2. The summed E-state index contributed by atoms with van der Waals surface area (Å²) >= 11 is 0. The van der Waals surface area contributed by atoms with E-state index < -0.39 is 21.8 Å². The Morgan fingerprint density at radius 2 is 1.95 bits per heavy atom. The first-order valence-electron chi connectivity index (χ1n) is 12.3. The molecule has 1 aliphatic rings. The summed E-state index contributed by atoms with van der Waals surface area (Å²) in [5.74, 6) is -0.281. The molecular weight excluding hydrogens is 510 g/mol. The minimum atomic E-state index is -3.75. The van der Waals surface area contributed by atoms with Gasteiger partial charge in [0.25, 0.3) is 0 Å². The summed E-state index contributed by atoms with van der Waals surface area (Å²) in [5.41, 5.74) is 1.79. The third kappa shape index (κ3) is 6.18. The van der Waals surface area contributed by atoms with Gasteiger partial charge in [0, 0.05) is 24.9 Å². The molecule has 1 unspecified atom stereocenters. The van der Waals surface area contributed by atoms with E-state index in [0.29, 0.717) is 29.1 Å². The molecule has 11 nitrogen and oxygen atoms in total. The second-order valence-electron chi connectivity index (χ2n) is 9.49. The van der Waals surface area contributed by atoms with Crippen LogP contribution in [0.4, 0.5) is 0 Å². The zero-order chi connectivity index (χ0) is 28.2. The minimum absolute atomic E-state index is 0.0698. The number of rotatable bonds is 12. The number of ether oxygens (including phenoxy) is 2. The van der Waals surface area contributed by atoms with Crippen molar-refractivity contribution < 1.29 is 27.5 Å². The molecular formula is C26H35N5O6S. The summed E-state index contributed by atoms with van der Waals surface area (Å²) in [6.07, 6.45) is 4.37. The molecule has 1 atom stereocenters. The van der Waals surface area contributed by atoms with E-state index in [0.717, 1.165) is 19.1 Å². The maximum atomic E-state index is 12.6. The molecule has 1 aliphatic carbocycles. The standard InChI is InChI=1S/C26H35N5O6S/c1-15(2)22(27-3)24-30-19-12-17(25(32)36-5)21(38(7,34)35)13-20(19)31(24)11-10-29-14-18(26(33)37-6)23(28-4)16-8-9-16/h12-16,22,27H,4,8-11H2,1-3,5-7H3/b23-18+,29-14?. The quantitative estimate of drug-likeness (QED) is 0.244. The van der Waals surface area contributed by atoms with Gasteiger partial charge in [0.1, 0.15) is 5.82 Å². The van der Waals surface area contributed by atoms with Crippen LogP contribution in [-0.2, 0) is 30.7 Å². The zero-order valence-electron chi connectivity index (χ0n) is 22.6. The monoisotopic (exact) mass is 545 g/mol. The Morgan fingerprint density at radius 1 is 1.26 bits per heavy atom. The zero-order valence-corrected chi connectivity index (χ0v) is 23.5. The van der Waals surface area contributed by atoms with Crippen LogP contribution in [0.25, 0.3) is 11.0 Å². The highest BCUT2D eigenvalue weighted by atomic mass is 32.2. The molecule has 0 radical (unpaired) electrons. The van der Waals surface area contributed by atoms with E-state index in [1.807, 2.05) is 25.5 Å². The second kappa shape index (κ2) is 12.0. The van der Waals surface area contributed by atoms with Crippen molar-refractivity contribution in [3.05, 3.63) is 34.8 Å². The number of benzene rings is 1. The fourth-order valence-corrected chi connectivity index (χ4v) is 5.29. The molecule has 3 rings (SSSR count). The molecule has 1 fully saturated rings.